The van der Waals surface area contributed by atoms with E-state index in [-0.39, 0.29) is 16.7 Å². The minimum atomic E-state index is -1.83. The molecule has 0 radical (unpaired) electrons. The second-order valence-corrected chi connectivity index (χ2v) is 11.1. The lowest BCUT2D eigenvalue weighted by molar-refractivity contribution is 0.191. The lowest BCUT2D eigenvalue weighted by atomic mass is 9.98. The van der Waals surface area contributed by atoms with Crippen molar-refractivity contribution in [3.8, 4) is 0 Å². The molecule has 0 aliphatic rings. The van der Waals surface area contributed by atoms with Crippen LogP contribution in [0.4, 0.5) is 0 Å². The molecule has 0 aromatic rings. The van der Waals surface area contributed by atoms with Crippen molar-refractivity contribution in [2.75, 3.05) is 0 Å². The molecule has 0 spiro atoms. The van der Waals surface area contributed by atoms with Crippen molar-refractivity contribution >= 4 is 8.32 Å². The lowest BCUT2D eigenvalue weighted by Gasteiger charge is -2.35. The molecule has 1 atom stereocenters. The van der Waals surface area contributed by atoms with Gasteiger partial charge in [0.2, 0.25) is 8.32 Å². The molecule has 0 rings (SSSR count). The van der Waals surface area contributed by atoms with Crippen molar-refractivity contribution in [3.63, 3.8) is 0 Å². The Balaban J connectivity index is 4.62. The van der Waals surface area contributed by atoms with Gasteiger partial charge in [0.25, 0.3) is 0 Å². The van der Waals surface area contributed by atoms with Crippen LogP contribution in [0.3, 0.4) is 0 Å². The van der Waals surface area contributed by atoms with Crippen LogP contribution < -0.4 is 5.73 Å². The fourth-order valence-electron chi connectivity index (χ4n) is 1.23. The zero-order valence-electron chi connectivity index (χ0n) is 11.8. The molecule has 1 unspecified atom stereocenters. The third-order valence-corrected chi connectivity index (χ3v) is 7.22. The van der Waals surface area contributed by atoms with E-state index in [2.05, 4.69) is 40.4 Å². The van der Waals surface area contributed by atoms with Gasteiger partial charge in [0.05, 0.1) is 13.0 Å². The quantitative estimate of drug-likeness (QED) is 0.439. The first-order chi connectivity index (χ1) is 6.89. The van der Waals surface area contributed by atoms with Crippen molar-refractivity contribution < 1.29 is 4.43 Å². The number of nitrogens with two attached hydrogens (primary N) is 1. The number of hydrogen-bond acceptors (Lipinski definition) is 2. The van der Waals surface area contributed by atoms with Crippen LogP contribution in [0.25, 0.3) is 0 Å². The number of rotatable bonds is 6. The predicted molar refractivity (Wildman–Crippen MR) is 74.8 cm³/mol. The molecule has 2 N–H and O–H groups in total. The second kappa shape index (κ2) is 4.94. The fourth-order valence-corrected chi connectivity index (χ4v) is 2.49. The predicted octanol–water partition coefficient (Wildman–Crippen LogP) is 3.50. The fraction of sp³-hybridized carbons (Fsp3) is 0.769. The summed E-state index contributed by atoms with van der Waals surface area (Å²) in [4.78, 5) is 0. The molecule has 0 aromatic heterocycles. The van der Waals surface area contributed by atoms with Crippen LogP contribution >= 0.6 is 0 Å². The van der Waals surface area contributed by atoms with Crippen molar-refractivity contribution in [2.45, 2.75) is 63.9 Å². The normalized spacial score (nSPS) is 15.9. The summed E-state index contributed by atoms with van der Waals surface area (Å²) in [5.41, 5.74) is 5.78. The summed E-state index contributed by atoms with van der Waals surface area (Å²) in [5, 5.41) is -0.0208. The summed E-state index contributed by atoms with van der Waals surface area (Å²) in [6.45, 7) is 20.7. The molecule has 3 heteroatoms. The highest BCUT2D eigenvalue weighted by Crippen LogP contribution is 2.37. The maximum atomic E-state index is 6.21. The van der Waals surface area contributed by atoms with Crippen LogP contribution in [0, 0.1) is 6.92 Å². The Bertz CT molecular complexity index is 235. The monoisotopic (exact) mass is 242 g/mol. The Morgan fingerprint density at radius 3 is 2.06 bits per heavy atom. The molecule has 0 amide bonds. The Morgan fingerprint density at radius 2 is 1.81 bits per heavy atom. The molecule has 0 aliphatic carbocycles. The van der Waals surface area contributed by atoms with Gasteiger partial charge in [-0.15, -0.1) is 6.58 Å². The van der Waals surface area contributed by atoms with Crippen LogP contribution in [-0.4, -0.2) is 20.0 Å². The third-order valence-electron chi connectivity index (χ3n) is 3.07. The van der Waals surface area contributed by atoms with Crippen molar-refractivity contribution in [3.05, 3.63) is 19.6 Å². The molecule has 0 aliphatic heterocycles. The van der Waals surface area contributed by atoms with Crippen LogP contribution in [-0.2, 0) is 4.43 Å². The molecule has 0 aromatic carbocycles. The molecular formula is C13H28NOSi+. The van der Waals surface area contributed by atoms with Crippen LogP contribution in [0.5, 0.6) is 0 Å². The van der Waals surface area contributed by atoms with Gasteiger partial charge in [-0.2, -0.15) is 0 Å². The van der Waals surface area contributed by atoms with Gasteiger partial charge < -0.3 is 10.2 Å². The number of hydrogen-bond donors (Lipinski definition) is 1. The topological polar surface area (TPSA) is 35.2 Å². The summed E-state index contributed by atoms with van der Waals surface area (Å²) in [5.74, 6) is 0. The molecule has 0 saturated heterocycles. The standard InChI is InChI=1S/C13H28NOSi/c1-9-11(10-13(5,6)14)15-16(7,8)12(2,3)4/h9,11H,1-2,10,14H2,3-8H3/q+1. The van der Waals surface area contributed by atoms with E-state index in [1.165, 1.54) is 0 Å². The molecule has 0 heterocycles. The Hall–Kier alpha value is -0.253. The SMILES string of the molecule is C=CC(CC(C)(C)N)O[Si](C)(C)C([CH2+])(C)C. The van der Waals surface area contributed by atoms with E-state index in [0.717, 1.165) is 6.42 Å². The average molecular weight is 242 g/mol. The smallest absolute Gasteiger partial charge is 0.240 e. The first kappa shape index (κ1) is 15.7. The van der Waals surface area contributed by atoms with Gasteiger partial charge in [0.1, 0.15) is 5.04 Å². The zero-order valence-corrected chi connectivity index (χ0v) is 12.8. The Kier molecular flexibility index (Phi) is 4.86. The summed E-state index contributed by atoms with van der Waals surface area (Å²) in [6.07, 6.45) is 2.68. The molecule has 0 fully saturated rings. The highest BCUT2D eigenvalue weighted by molar-refractivity contribution is 6.74. The van der Waals surface area contributed by atoms with Gasteiger partial charge in [-0.1, -0.05) is 6.08 Å². The largest absolute Gasteiger partial charge is 0.406 e. The van der Waals surface area contributed by atoms with Gasteiger partial charge in [0.15, 0.2) is 0 Å². The van der Waals surface area contributed by atoms with Crippen molar-refractivity contribution in [1.29, 1.82) is 0 Å². The van der Waals surface area contributed by atoms with Gasteiger partial charge >= 0.3 is 0 Å². The van der Waals surface area contributed by atoms with E-state index < -0.39 is 8.32 Å². The lowest BCUT2D eigenvalue weighted by Crippen LogP contribution is -2.46. The first-order valence-corrected chi connectivity index (χ1v) is 8.74. The van der Waals surface area contributed by atoms with Crippen molar-refractivity contribution in [1.82, 2.24) is 0 Å². The van der Waals surface area contributed by atoms with E-state index in [9.17, 15) is 0 Å². The molecular weight excluding hydrogens is 214 g/mol. The molecule has 2 nitrogen and oxygen atoms in total. The minimum Gasteiger partial charge on any atom is -0.406 e. The van der Waals surface area contributed by atoms with E-state index in [1.54, 1.807) is 0 Å². The van der Waals surface area contributed by atoms with E-state index >= 15 is 0 Å². The third kappa shape index (κ3) is 5.19. The first-order valence-electron chi connectivity index (χ1n) is 5.84. The Morgan fingerprint density at radius 1 is 1.38 bits per heavy atom. The Labute approximate surface area is 102 Å². The molecule has 0 bridgehead atoms. The maximum Gasteiger partial charge on any atom is 0.240 e. The van der Waals surface area contributed by atoms with E-state index in [1.807, 2.05) is 19.9 Å². The van der Waals surface area contributed by atoms with E-state index in [4.69, 9.17) is 10.2 Å². The van der Waals surface area contributed by atoms with E-state index in [0.29, 0.717) is 0 Å². The average Bonchev–Trinajstić information content (AvgIpc) is 1.97. The maximum absolute atomic E-state index is 6.21. The molecule has 0 saturated carbocycles. The summed E-state index contributed by atoms with van der Waals surface area (Å²) < 4.78 is 6.21. The zero-order chi connectivity index (χ0) is 13.2. The summed E-state index contributed by atoms with van der Waals surface area (Å²) in [7, 11) is -1.83. The minimum absolute atomic E-state index is 0.0208. The molecule has 94 valence electrons. The van der Waals surface area contributed by atoms with Gasteiger partial charge in [-0.05, 0) is 47.2 Å². The van der Waals surface area contributed by atoms with Crippen LogP contribution in [0.2, 0.25) is 18.1 Å². The van der Waals surface area contributed by atoms with Crippen molar-refractivity contribution in [2.24, 2.45) is 5.73 Å². The van der Waals surface area contributed by atoms with Gasteiger partial charge in [-0.3, -0.25) is 0 Å². The van der Waals surface area contributed by atoms with Gasteiger partial charge in [-0.25, -0.2) is 0 Å². The summed E-state index contributed by atoms with van der Waals surface area (Å²) in [6, 6.07) is 0. The van der Waals surface area contributed by atoms with Gasteiger partial charge in [0, 0.05) is 5.54 Å². The second-order valence-electron chi connectivity index (χ2n) is 6.48. The highest BCUT2D eigenvalue weighted by Gasteiger charge is 2.45. The highest BCUT2D eigenvalue weighted by atomic mass is 28.4. The van der Waals surface area contributed by atoms with Crippen LogP contribution in [0.15, 0.2) is 12.7 Å². The summed E-state index contributed by atoms with van der Waals surface area (Å²) >= 11 is 0. The molecule has 16 heavy (non-hydrogen) atoms. The van der Waals surface area contributed by atoms with Crippen LogP contribution in [0.1, 0.15) is 34.1 Å².